The first-order valence-corrected chi connectivity index (χ1v) is 4.85. The maximum absolute atomic E-state index is 11.8. The Labute approximate surface area is 87.9 Å². The average molecular weight is 207 g/mol. The monoisotopic (exact) mass is 207 g/mol. The van der Waals surface area contributed by atoms with Gasteiger partial charge in [0.05, 0.1) is 12.8 Å². The summed E-state index contributed by atoms with van der Waals surface area (Å²) in [6.07, 6.45) is 6.69. The Morgan fingerprint density at radius 3 is 3.20 bits per heavy atom. The van der Waals surface area contributed by atoms with Crippen molar-refractivity contribution in [3.05, 3.63) is 30.9 Å². The van der Waals surface area contributed by atoms with Crippen LogP contribution in [0.3, 0.4) is 0 Å². The minimum Gasteiger partial charge on any atom is -0.495 e. The Morgan fingerprint density at radius 2 is 2.53 bits per heavy atom. The van der Waals surface area contributed by atoms with Gasteiger partial charge in [-0.1, -0.05) is 0 Å². The quantitative estimate of drug-likeness (QED) is 0.713. The summed E-state index contributed by atoms with van der Waals surface area (Å²) in [5.74, 6) is 0.0186. The molecule has 0 aliphatic carbocycles. The molecule has 15 heavy (non-hydrogen) atoms. The number of aromatic nitrogens is 2. The third-order valence-electron chi connectivity index (χ3n) is 2.18. The largest absolute Gasteiger partial charge is 0.495 e. The van der Waals surface area contributed by atoms with E-state index in [1.165, 1.54) is 0 Å². The van der Waals surface area contributed by atoms with Gasteiger partial charge in [0.25, 0.3) is 0 Å². The van der Waals surface area contributed by atoms with E-state index in [0.717, 1.165) is 0 Å². The lowest BCUT2D eigenvalue weighted by molar-refractivity contribution is -0.131. The number of hydrogen-bond acceptors (Lipinski definition) is 3. The zero-order chi connectivity index (χ0) is 10.7. The van der Waals surface area contributed by atoms with E-state index >= 15 is 0 Å². The summed E-state index contributed by atoms with van der Waals surface area (Å²) < 4.78 is 6.80. The molecule has 1 aromatic heterocycles. The molecule has 0 fully saturated rings. The molecule has 0 saturated heterocycles. The standard InChI is InChI=1S/C10H13N3O2/c1-9-7-12(5-6-15-9)10(14)8-13-4-2-3-11-13/h2-6,9H,7-8H2,1H3/t9-/m0/s1. The minimum atomic E-state index is 0.0186. The van der Waals surface area contributed by atoms with Crippen molar-refractivity contribution in [1.29, 1.82) is 0 Å². The van der Waals surface area contributed by atoms with Crippen molar-refractivity contribution in [1.82, 2.24) is 14.7 Å². The summed E-state index contributed by atoms with van der Waals surface area (Å²) in [6.45, 7) is 2.79. The minimum absolute atomic E-state index is 0.0186. The van der Waals surface area contributed by atoms with Gasteiger partial charge in [0.1, 0.15) is 12.6 Å². The molecule has 2 rings (SSSR count). The van der Waals surface area contributed by atoms with Crippen LogP contribution in [0.1, 0.15) is 6.92 Å². The van der Waals surface area contributed by atoms with Gasteiger partial charge in [-0.25, -0.2) is 0 Å². The Bertz CT molecular complexity index is 359. The first-order chi connectivity index (χ1) is 7.25. The maximum atomic E-state index is 11.8. The van der Waals surface area contributed by atoms with E-state index < -0.39 is 0 Å². The highest BCUT2D eigenvalue weighted by Crippen LogP contribution is 2.06. The predicted octanol–water partition coefficient (Wildman–Crippen LogP) is 0.602. The van der Waals surface area contributed by atoms with Crippen LogP contribution in [0.5, 0.6) is 0 Å². The Balaban J connectivity index is 1.96. The predicted molar refractivity (Wildman–Crippen MR) is 53.6 cm³/mol. The first-order valence-electron chi connectivity index (χ1n) is 4.85. The molecule has 1 aliphatic heterocycles. The lowest BCUT2D eigenvalue weighted by Gasteiger charge is -2.26. The van der Waals surface area contributed by atoms with Gasteiger partial charge in [0.2, 0.25) is 5.91 Å². The molecule has 2 heterocycles. The zero-order valence-electron chi connectivity index (χ0n) is 8.54. The number of amides is 1. The van der Waals surface area contributed by atoms with Gasteiger partial charge >= 0.3 is 0 Å². The fraction of sp³-hybridized carbons (Fsp3) is 0.400. The van der Waals surface area contributed by atoms with Gasteiger partial charge in [-0.05, 0) is 13.0 Å². The van der Waals surface area contributed by atoms with E-state index in [9.17, 15) is 4.79 Å². The number of carbonyl (C=O) groups is 1. The molecule has 0 radical (unpaired) electrons. The van der Waals surface area contributed by atoms with E-state index in [1.807, 2.05) is 6.92 Å². The van der Waals surface area contributed by atoms with Crippen molar-refractivity contribution in [2.24, 2.45) is 0 Å². The molecule has 0 unspecified atom stereocenters. The van der Waals surface area contributed by atoms with Gasteiger partial charge < -0.3 is 9.64 Å². The van der Waals surface area contributed by atoms with Crippen LogP contribution in [0.2, 0.25) is 0 Å². The van der Waals surface area contributed by atoms with Crippen LogP contribution < -0.4 is 0 Å². The highest BCUT2D eigenvalue weighted by molar-refractivity contribution is 5.77. The number of rotatable bonds is 2. The molecular weight excluding hydrogens is 194 g/mol. The molecule has 0 spiro atoms. The molecule has 5 heteroatoms. The number of hydrogen-bond donors (Lipinski definition) is 0. The summed E-state index contributed by atoms with van der Waals surface area (Å²) in [5.41, 5.74) is 0. The van der Waals surface area contributed by atoms with Crippen molar-refractivity contribution < 1.29 is 9.53 Å². The Morgan fingerprint density at radius 1 is 1.67 bits per heavy atom. The average Bonchev–Trinajstić information content (AvgIpc) is 2.70. The smallest absolute Gasteiger partial charge is 0.248 e. The summed E-state index contributed by atoms with van der Waals surface area (Å²) in [7, 11) is 0. The Kier molecular flexibility index (Phi) is 2.71. The molecular formula is C10H13N3O2. The highest BCUT2D eigenvalue weighted by Gasteiger charge is 2.18. The van der Waals surface area contributed by atoms with Crippen molar-refractivity contribution >= 4 is 5.91 Å². The molecule has 1 atom stereocenters. The van der Waals surface area contributed by atoms with Gasteiger partial charge in [-0.2, -0.15) is 5.10 Å². The van der Waals surface area contributed by atoms with Gasteiger partial charge in [0.15, 0.2) is 0 Å². The third kappa shape index (κ3) is 2.37. The molecule has 80 valence electrons. The van der Waals surface area contributed by atoms with E-state index in [2.05, 4.69) is 5.10 Å². The highest BCUT2D eigenvalue weighted by atomic mass is 16.5. The SMILES string of the molecule is C[C@H]1CN(C(=O)Cn2cccn2)C=CO1. The fourth-order valence-corrected chi connectivity index (χ4v) is 1.43. The van der Waals surface area contributed by atoms with Gasteiger partial charge in [-0.15, -0.1) is 0 Å². The van der Waals surface area contributed by atoms with Crippen molar-refractivity contribution in [2.45, 2.75) is 19.6 Å². The fourth-order valence-electron chi connectivity index (χ4n) is 1.43. The first kappa shape index (κ1) is 9.76. The molecule has 1 aromatic rings. The van der Waals surface area contributed by atoms with Crippen LogP contribution in [0.15, 0.2) is 30.9 Å². The Hall–Kier alpha value is -1.78. The number of nitrogens with zero attached hydrogens (tertiary/aromatic N) is 3. The van der Waals surface area contributed by atoms with E-state index in [0.29, 0.717) is 6.54 Å². The molecule has 0 bridgehead atoms. The number of ether oxygens (including phenoxy) is 1. The summed E-state index contributed by atoms with van der Waals surface area (Å²) in [5, 5.41) is 3.98. The van der Waals surface area contributed by atoms with Crippen LogP contribution in [-0.4, -0.2) is 33.2 Å². The van der Waals surface area contributed by atoms with Crippen LogP contribution >= 0.6 is 0 Å². The van der Waals surface area contributed by atoms with Crippen molar-refractivity contribution in [3.63, 3.8) is 0 Å². The molecule has 0 N–H and O–H groups in total. The van der Waals surface area contributed by atoms with Crippen LogP contribution in [-0.2, 0) is 16.1 Å². The molecule has 0 aromatic carbocycles. The summed E-state index contributed by atoms with van der Waals surface area (Å²) in [4.78, 5) is 13.4. The van der Waals surface area contributed by atoms with E-state index in [1.54, 1.807) is 40.5 Å². The lowest BCUT2D eigenvalue weighted by atomic mass is 10.3. The molecule has 1 amide bonds. The third-order valence-corrected chi connectivity index (χ3v) is 2.18. The summed E-state index contributed by atoms with van der Waals surface area (Å²) >= 11 is 0. The van der Waals surface area contributed by atoms with Crippen LogP contribution in [0, 0.1) is 0 Å². The number of carbonyl (C=O) groups excluding carboxylic acids is 1. The normalized spacial score (nSPS) is 20.1. The second-order valence-corrected chi connectivity index (χ2v) is 3.48. The maximum Gasteiger partial charge on any atom is 0.248 e. The van der Waals surface area contributed by atoms with Crippen LogP contribution in [0.4, 0.5) is 0 Å². The lowest BCUT2D eigenvalue weighted by Crippen LogP contribution is -2.37. The van der Waals surface area contributed by atoms with E-state index in [4.69, 9.17) is 4.74 Å². The summed E-state index contributed by atoms with van der Waals surface area (Å²) in [6, 6.07) is 1.80. The topological polar surface area (TPSA) is 47.4 Å². The van der Waals surface area contributed by atoms with Crippen molar-refractivity contribution in [3.8, 4) is 0 Å². The second kappa shape index (κ2) is 4.16. The molecule has 0 saturated carbocycles. The molecule has 5 nitrogen and oxygen atoms in total. The van der Waals surface area contributed by atoms with E-state index in [-0.39, 0.29) is 18.6 Å². The zero-order valence-corrected chi connectivity index (χ0v) is 8.54. The second-order valence-electron chi connectivity index (χ2n) is 3.48. The molecule has 1 aliphatic rings. The van der Waals surface area contributed by atoms with Gasteiger partial charge in [0, 0.05) is 18.6 Å². The van der Waals surface area contributed by atoms with Gasteiger partial charge in [-0.3, -0.25) is 9.48 Å². The van der Waals surface area contributed by atoms with Crippen LogP contribution in [0.25, 0.3) is 0 Å². The van der Waals surface area contributed by atoms with Crippen molar-refractivity contribution in [2.75, 3.05) is 6.54 Å².